The third-order valence-electron chi connectivity index (χ3n) is 5.07. The van der Waals surface area contributed by atoms with E-state index in [0.29, 0.717) is 44.8 Å². The van der Waals surface area contributed by atoms with E-state index >= 15 is 0 Å². The molecular weight excluding hydrogens is 384 g/mol. The number of hydrogen-bond donors (Lipinski definition) is 0. The van der Waals surface area contributed by atoms with Crippen molar-refractivity contribution in [1.82, 2.24) is 4.31 Å². The fourth-order valence-corrected chi connectivity index (χ4v) is 4.33. The van der Waals surface area contributed by atoms with Gasteiger partial charge in [-0.1, -0.05) is 0 Å². The van der Waals surface area contributed by atoms with Crippen LogP contribution in [-0.4, -0.2) is 71.0 Å². The van der Waals surface area contributed by atoms with Gasteiger partial charge in [0.05, 0.1) is 29.4 Å². The summed E-state index contributed by atoms with van der Waals surface area (Å²) >= 11 is 0. The van der Waals surface area contributed by atoms with E-state index in [1.165, 1.54) is 26.2 Å². The zero-order valence-corrected chi connectivity index (χ0v) is 17.0. The van der Waals surface area contributed by atoms with Crippen LogP contribution in [-0.2, 0) is 24.3 Å². The van der Waals surface area contributed by atoms with Gasteiger partial charge in [-0.15, -0.1) is 0 Å². The Morgan fingerprint density at radius 2 is 1.93 bits per heavy atom. The molecule has 0 bridgehead atoms. The van der Waals surface area contributed by atoms with Gasteiger partial charge in [0.25, 0.3) is 0 Å². The average Bonchev–Trinajstić information content (AvgIpc) is 2.69. The Morgan fingerprint density at radius 3 is 2.57 bits per heavy atom. The molecule has 1 aliphatic heterocycles. The highest BCUT2D eigenvalue weighted by atomic mass is 32.2. The van der Waals surface area contributed by atoms with E-state index in [1.54, 1.807) is 6.07 Å². The van der Waals surface area contributed by atoms with Gasteiger partial charge in [0.15, 0.2) is 11.9 Å². The maximum atomic E-state index is 12.9. The molecule has 1 saturated carbocycles. The molecule has 0 amide bonds. The number of benzene rings is 1. The van der Waals surface area contributed by atoms with Crippen molar-refractivity contribution in [2.75, 3.05) is 45.3 Å². The number of morpholine rings is 1. The molecule has 3 rings (SSSR count). The van der Waals surface area contributed by atoms with Gasteiger partial charge in [0, 0.05) is 33.6 Å². The Morgan fingerprint density at radius 1 is 1.21 bits per heavy atom. The predicted molar refractivity (Wildman–Crippen MR) is 103 cm³/mol. The molecular formula is C19H26N2O6S. The number of hydrogen-bond acceptors (Lipinski definition) is 7. The number of ether oxygens (including phenoxy) is 2. The Labute approximate surface area is 165 Å². The number of carbonyl (C=O) groups is 2. The summed E-state index contributed by atoms with van der Waals surface area (Å²) in [5.74, 6) is -0.748. The van der Waals surface area contributed by atoms with Crippen LogP contribution in [0.5, 0.6) is 0 Å². The molecule has 1 atom stereocenters. The molecule has 28 heavy (non-hydrogen) atoms. The van der Waals surface area contributed by atoms with E-state index in [2.05, 4.69) is 0 Å². The van der Waals surface area contributed by atoms with Gasteiger partial charge in [-0.25, -0.2) is 17.5 Å². The normalized spacial score (nSPS) is 21.0. The van der Waals surface area contributed by atoms with Gasteiger partial charge in [-0.3, -0.25) is 4.79 Å². The first-order chi connectivity index (χ1) is 13.3. The minimum atomic E-state index is -3.71. The van der Waals surface area contributed by atoms with Crippen LogP contribution in [0, 0.1) is 0 Å². The van der Waals surface area contributed by atoms with Gasteiger partial charge >= 0.3 is 5.97 Å². The number of nitrogens with zero attached hydrogens (tertiary/aromatic N) is 2. The molecule has 0 N–H and O–H groups in total. The number of ketones is 1. The van der Waals surface area contributed by atoms with Crippen LogP contribution in [0.15, 0.2) is 23.1 Å². The number of rotatable bonds is 5. The molecule has 2 aliphatic rings. The van der Waals surface area contributed by atoms with E-state index in [-0.39, 0.29) is 16.2 Å². The van der Waals surface area contributed by atoms with E-state index in [1.807, 2.05) is 4.90 Å². The van der Waals surface area contributed by atoms with Crippen LogP contribution >= 0.6 is 0 Å². The topological polar surface area (TPSA) is 93.2 Å². The van der Waals surface area contributed by atoms with Gasteiger partial charge in [-0.05, 0) is 37.5 Å². The summed E-state index contributed by atoms with van der Waals surface area (Å²) < 4.78 is 37.0. The molecule has 0 radical (unpaired) electrons. The summed E-state index contributed by atoms with van der Waals surface area (Å²) in [6, 6.07) is 4.46. The first-order valence-corrected chi connectivity index (χ1v) is 10.9. The van der Waals surface area contributed by atoms with E-state index < -0.39 is 22.1 Å². The van der Waals surface area contributed by atoms with E-state index in [0.717, 1.165) is 17.1 Å². The summed E-state index contributed by atoms with van der Waals surface area (Å²) in [6.07, 6.45) is 1.79. The fraction of sp³-hybridized carbons (Fsp3) is 0.579. The summed E-state index contributed by atoms with van der Waals surface area (Å²) in [5.41, 5.74) is 0.748. The average molecular weight is 410 g/mol. The molecule has 9 heteroatoms. The molecule has 1 aromatic carbocycles. The SMILES string of the molecule is CN(C)S(=O)(=O)c1ccc(N2CCOCC2)c(C(=O)O[C@@H]2CCCCC2=O)c1. The minimum Gasteiger partial charge on any atom is -0.451 e. The number of Topliss-reactive ketones (excluding diaryl/α,β-unsaturated/α-hetero) is 1. The zero-order valence-electron chi connectivity index (χ0n) is 16.2. The maximum Gasteiger partial charge on any atom is 0.341 e. The quantitative estimate of drug-likeness (QED) is 0.678. The Kier molecular flexibility index (Phi) is 6.36. The lowest BCUT2D eigenvalue weighted by atomic mass is 9.96. The van der Waals surface area contributed by atoms with Gasteiger partial charge in [-0.2, -0.15) is 0 Å². The highest BCUT2D eigenvalue weighted by Gasteiger charge is 2.29. The van der Waals surface area contributed by atoms with Crippen molar-refractivity contribution >= 4 is 27.5 Å². The van der Waals surface area contributed by atoms with Crippen LogP contribution < -0.4 is 4.90 Å². The molecule has 0 unspecified atom stereocenters. The second kappa shape index (κ2) is 8.59. The molecule has 1 aliphatic carbocycles. The zero-order chi connectivity index (χ0) is 20.3. The van der Waals surface area contributed by atoms with E-state index in [9.17, 15) is 18.0 Å². The molecule has 1 saturated heterocycles. The minimum absolute atomic E-state index is 0.0106. The van der Waals surface area contributed by atoms with Gasteiger partial charge < -0.3 is 14.4 Å². The Balaban J connectivity index is 1.96. The monoisotopic (exact) mass is 410 g/mol. The fourth-order valence-electron chi connectivity index (χ4n) is 3.40. The molecule has 0 aromatic heterocycles. The van der Waals surface area contributed by atoms with Crippen molar-refractivity contribution in [3.05, 3.63) is 23.8 Å². The number of anilines is 1. The number of carbonyl (C=O) groups excluding carboxylic acids is 2. The van der Waals surface area contributed by atoms with Crippen molar-refractivity contribution < 1.29 is 27.5 Å². The van der Waals surface area contributed by atoms with Crippen molar-refractivity contribution in [1.29, 1.82) is 0 Å². The lowest BCUT2D eigenvalue weighted by Crippen LogP contribution is -2.38. The highest BCUT2D eigenvalue weighted by Crippen LogP contribution is 2.28. The predicted octanol–water partition coefficient (Wildman–Crippen LogP) is 1.44. The molecule has 0 spiro atoms. The lowest BCUT2D eigenvalue weighted by molar-refractivity contribution is -0.129. The van der Waals surface area contributed by atoms with Gasteiger partial charge in [0.2, 0.25) is 10.0 Å². The van der Waals surface area contributed by atoms with Crippen LogP contribution in [0.1, 0.15) is 36.0 Å². The molecule has 1 aromatic rings. The number of sulfonamides is 1. The van der Waals surface area contributed by atoms with E-state index in [4.69, 9.17) is 9.47 Å². The summed E-state index contributed by atoms with van der Waals surface area (Å²) in [6.45, 7) is 2.21. The Hall–Kier alpha value is -1.97. The third kappa shape index (κ3) is 4.37. The third-order valence-corrected chi connectivity index (χ3v) is 6.88. The first-order valence-electron chi connectivity index (χ1n) is 9.43. The molecule has 154 valence electrons. The smallest absolute Gasteiger partial charge is 0.341 e. The van der Waals surface area contributed by atoms with Crippen LogP contribution in [0.25, 0.3) is 0 Å². The lowest BCUT2D eigenvalue weighted by Gasteiger charge is -2.31. The molecule has 8 nitrogen and oxygen atoms in total. The number of esters is 1. The van der Waals surface area contributed by atoms with Crippen LogP contribution in [0.3, 0.4) is 0 Å². The summed E-state index contributed by atoms with van der Waals surface area (Å²) in [5, 5.41) is 0. The summed E-state index contributed by atoms with van der Waals surface area (Å²) in [7, 11) is -0.840. The maximum absolute atomic E-state index is 12.9. The first kappa shape index (κ1) is 20.8. The van der Waals surface area contributed by atoms with Crippen LogP contribution in [0.4, 0.5) is 5.69 Å². The van der Waals surface area contributed by atoms with Crippen molar-refractivity contribution in [2.45, 2.75) is 36.7 Å². The largest absolute Gasteiger partial charge is 0.451 e. The Bertz CT molecular complexity index is 846. The molecule has 2 fully saturated rings. The second-order valence-electron chi connectivity index (χ2n) is 7.17. The standard InChI is InChI=1S/C19H26N2O6S/c1-20(2)28(24,25)14-7-8-16(21-9-11-26-12-10-21)15(13-14)19(23)27-18-6-4-3-5-17(18)22/h7-8,13,18H,3-6,9-12H2,1-2H3/t18-/m1/s1. The molecule has 1 heterocycles. The van der Waals surface area contributed by atoms with Crippen molar-refractivity contribution in [3.63, 3.8) is 0 Å². The van der Waals surface area contributed by atoms with Crippen LogP contribution in [0.2, 0.25) is 0 Å². The van der Waals surface area contributed by atoms with Crippen molar-refractivity contribution in [3.8, 4) is 0 Å². The van der Waals surface area contributed by atoms with Crippen molar-refractivity contribution in [2.24, 2.45) is 0 Å². The second-order valence-corrected chi connectivity index (χ2v) is 9.32. The van der Waals surface area contributed by atoms with Gasteiger partial charge in [0.1, 0.15) is 0 Å². The summed E-state index contributed by atoms with van der Waals surface area (Å²) in [4.78, 5) is 27.0. The highest BCUT2D eigenvalue weighted by molar-refractivity contribution is 7.89.